The molecule has 0 unspecified atom stereocenters. The molecule has 0 atom stereocenters. The molecule has 0 radical (unpaired) electrons. The lowest BCUT2D eigenvalue weighted by Gasteiger charge is -2.41. The van der Waals surface area contributed by atoms with Crippen molar-refractivity contribution in [1.29, 1.82) is 0 Å². The lowest BCUT2D eigenvalue weighted by atomic mass is 9.88. The molecule has 0 saturated heterocycles. The van der Waals surface area contributed by atoms with Crippen LogP contribution in [0, 0.1) is 32.6 Å². The Bertz CT molecular complexity index is 1320. The Balaban J connectivity index is 1.91. The first kappa shape index (κ1) is 32.4. The first-order valence-corrected chi connectivity index (χ1v) is 14.7. The third-order valence-electron chi connectivity index (χ3n) is 8.09. The molecule has 1 fully saturated rings. The number of carbonyl (C=O) groups excluding carboxylic acids is 1. The van der Waals surface area contributed by atoms with Crippen molar-refractivity contribution >= 4 is 11.6 Å². The van der Waals surface area contributed by atoms with E-state index < -0.39 is 5.60 Å². The van der Waals surface area contributed by atoms with Crippen molar-refractivity contribution < 1.29 is 14.6 Å². The van der Waals surface area contributed by atoms with Crippen molar-refractivity contribution in [3.05, 3.63) is 62.1 Å². The molecule has 1 amide bonds. The summed E-state index contributed by atoms with van der Waals surface area (Å²) in [6.45, 7) is 13.7. The number of hydrogen-bond donors (Lipinski definition) is 3. The highest BCUT2D eigenvalue weighted by Crippen LogP contribution is 2.33. The average molecular weight is 565 g/mol. The van der Waals surface area contributed by atoms with Crippen LogP contribution >= 0.6 is 0 Å². The highest BCUT2D eigenvalue weighted by Gasteiger charge is 2.29. The second-order valence-corrected chi connectivity index (χ2v) is 11.8. The standard InChI is InChI=1S/C33H48N4O4/c1-9-37(27-12-10-26(11-13-27)36(7)16-17-41-8)30-20-25(14-15-33(5,6)40)19-28(24(30)4)31(38)34-21-29-22(2)18-23(3)35-32(29)39/h18-20,26-27,40H,9-13,16-17,21H2,1-8H3,(H,34,38)(H,35,39)/t26-,27-. The second kappa shape index (κ2) is 14.2. The Labute approximate surface area is 245 Å². The van der Waals surface area contributed by atoms with Gasteiger partial charge >= 0.3 is 0 Å². The number of aromatic amines is 1. The van der Waals surface area contributed by atoms with E-state index in [1.165, 1.54) is 0 Å². The van der Waals surface area contributed by atoms with E-state index in [1.807, 2.05) is 32.9 Å². The smallest absolute Gasteiger partial charge is 0.253 e. The molecule has 8 nitrogen and oxygen atoms in total. The van der Waals surface area contributed by atoms with Gasteiger partial charge in [0, 0.05) is 66.9 Å². The molecule has 1 aliphatic carbocycles. The second-order valence-electron chi connectivity index (χ2n) is 11.8. The number of ether oxygens (including phenoxy) is 1. The van der Waals surface area contributed by atoms with Crippen molar-refractivity contribution in [3.63, 3.8) is 0 Å². The van der Waals surface area contributed by atoms with Crippen molar-refractivity contribution in [2.24, 2.45) is 0 Å². The molecule has 0 spiro atoms. The number of H-pyrrole nitrogens is 1. The van der Waals surface area contributed by atoms with Crippen LogP contribution in [-0.2, 0) is 11.3 Å². The molecule has 1 saturated carbocycles. The summed E-state index contributed by atoms with van der Waals surface area (Å²) in [4.78, 5) is 33.7. The number of nitrogens with one attached hydrogen (secondary N) is 2. The van der Waals surface area contributed by atoms with E-state index in [4.69, 9.17) is 4.74 Å². The lowest BCUT2D eigenvalue weighted by molar-refractivity contribution is 0.0950. The molecule has 0 bridgehead atoms. The quantitative estimate of drug-likeness (QED) is 0.377. The Morgan fingerprint density at radius 1 is 1.15 bits per heavy atom. The molecule has 8 heteroatoms. The first-order valence-electron chi connectivity index (χ1n) is 14.7. The number of methoxy groups -OCH3 is 1. The zero-order valence-electron chi connectivity index (χ0n) is 26.1. The van der Waals surface area contributed by atoms with Crippen LogP contribution in [0.2, 0.25) is 0 Å². The molecular formula is C33H48N4O4. The number of aryl methyl sites for hydroxylation is 2. The van der Waals surface area contributed by atoms with Gasteiger partial charge in [0.2, 0.25) is 0 Å². The molecule has 1 heterocycles. The molecule has 1 aromatic carbocycles. The highest BCUT2D eigenvalue weighted by molar-refractivity contribution is 5.97. The summed E-state index contributed by atoms with van der Waals surface area (Å²) < 4.78 is 5.27. The van der Waals surface area contributed by atoms with Gasteiger partial charge in [-0.2, -0.15) is 0 Å². The van der Waals surface area contributed by atoms with Gasteiger partial charge in [-0.1, -0.05) is 11.8 Å². The number of benzene rings is 1. The van der Waals surface area contributed by atoms with Crippen molar-refractivity contribution in [3.8, 4) is 11.8 Å². The van der Waals surface area contributed by atoms with Crippen LogP contribution in [0.4, 0.5) is 5.69 Å². The van der Waals surface area contributed by atoms with Crippen LogP contribution < -0.4 is 15.8 Å². The zero-order valence-corrected chi connectivity index (χ0v) is 26.1. The number of anilines is 1. The number of likely N-dealkylation sites (N-methyl/N-ethyl adjacent to an activating group) is 1. The van der Waals surface area contributed by atoms with Gasteiger partial charge in [-0.15, -0.1) is 0 Å². The van der Waals surface area contributed by atoms with Crippen molar-refractivity contribution in [2.75, 3.05) is 38.8 Å². The summed E-state index contributed by atoms with van der Waals surface area (Å²) in [6, 6.07) is 6.63. The fourth-order valence-electron chi connectivity index (χ4n) is 5.75. The predicted molar refractivity (Wildman–Crippen MR) is 166 cm³/mol. The normalized spacial score (nSPS) is 17.2. The Morgan fingerprint density at radius 2 is 1.80 bits per heavy atom. The number of hydrogen-bond acceptors (Lipinski definition) is 6. The van der Waals surface area contributed by atoms with E-state index in [-0.39, 0.29) is 18.0 Å². The van der Waals surface area contributed by atoms with Crippen molar-refractivity contribution in [1.82, 2.24) is 15.2 Å². The summed E-state index contributed by atoms with van der Waals surface area (Å²) in [6.07, 6.45) is 4.34. The Morgan fingerprint density at radius 3 is 2.39 bits per heavy atom. The minimum Gasteiger partial charge on any atom is -0.383 e. The van der Waals surface area contributed by atoms with E-state index in [0.717, 1.165) is 67.9 Å². The van der Waals surface area contributed by atoms with Gasteiger partial charge in [0.25, 0.3) is 11.5 Å². The van der Waals surface area contributed by atoms with Gasteiger partial charge < -0.3 is 29.9 Å². The number of amides is 1. The molecule has 0 aliphatic heterocycles. The largest absolute Gasteiger partial charge is 0.383 e. The van der Waals surface area contributed by atoms with Crippen LogP contribution in [-0.4, -0.2) is 72.4 Å². The molecule has 1 aliphatic rings. The number of carbonyl (C=O) groups is 1. The number of aliphatic hydroxyl groups is 1. The fourth-order valence-corrected chi connectivity index (χ4v) is 5.75. The summed E-state index contributed by atoms with van der Waals surface area (Å²) in [5.41, 5.74) is 3.89. The summed E-state index contributed by atoms with van der Waals surface area (Å²) in [5.74, 6) is 5.73. The molecule has 2 aromatic rings. The van der Waals surface area contributed by atoms with Crippen LogP contribution in [0.5, 0.6) is 0 Å². The van der Waals surface area contributed by atoms with Gasteiger partial charge in [-0.25, -0.2) is 0 Å². The highest BCUT2D eigenvalue weighted by atomic mass is 16.5. The van der Waals surface area contributed by atoms with Crippen LogP contribution in [0.15, 0.2) is 23.0 Å². The van der Waals surface area contributed by atoms with Crippen LogP contribution in [0.3, 0.4) is 0 Å². The Hall–Kier alpha value is -3.12. The zero-order chi connectivity index (χ0) is 30.3. The van der Waals surface area contributed by atoms with Crippen LogP contribution in [0.25, 0.3) is 0 Å². The fraction of sp³-hybridized carbons (Fsp3) is 0.576. The molecule has 41 heavy (non-hydrogen) atoms. The average Bonchev–Trinajstić information content (AvgIpc) is 2.91. The van der Waals surface area contributed by atoms with Gasteiger partial charge in [-0.3, -0.25) is 9.59 Å². The van der Waals surface area contributed by atoms with E-state index in [0.29, 0.717) is 28.8 Å². The van der Waals surface area contributed by atoms with E-state index >= 15 is 0 Å². The predicted octanol–water partition coefficient (Wildman–Crippen LogP) is 4.07. The number of pyridine rings is 1. The van der Waals surface area contributed by atoms with E-state index in [9.17, 15) is 14.7 Å². The van der Waals surface area contributed by atoms with E-state index in [2.05, 4.69) is 45.9 Å². The third-order valence-corrected chi connectivity index (χ3v) is 8.09. The maximum Gasteiger partial charge on any atom is 0.253 e. The third kappa shape index (κ3) is 8.68. The molecule has 1 aromatic heterocycles. The molecule has 3 N–H and O–H groups in total. The van der Waals surface area contributed by atoms with Gasteiger partial charge in [0.15, 0.2) is 0 Å². The minimum absolute atomic E-state index is 0.132. The summed E-state index contributed by atoms with van der Waals surface area (Å²) >= 11 is 0. The topological polar surface area (TPSA) is 97.9 Å². The molecular weight excluding hydrogens is 516 g/mol. The SMILES string of the molecule is CCN(c1cc(C#CC(C)(C)O)cc(C(=O)NCc2c(C)cc(C)[nH]c2=O)c1C)[C@H]1CC[C@H](N(C)CCOC)CC1. The minimum atomic E-state index is -1.16. The van der Waals surface area contributed by atoms with Crippen LogP contribution in [0.1, 0.15) is 84.8 Å². The Kier molecular flexibility index (Phi) is 11.2. The monoisotopic (exact) mass is 564 g/mol. The number of rotatable bonds is 10. The van der Waals surface area contributed by atoms with Crippen molar-refractivity contribution in [2.45, 2.75) is 91.5 Å². The molecule has 3 rings (SSSR count). The van der Waals surface area contributed by atoms with Gasteiger partial charge in [-0.05, 0) is 104 Å². The number of nitrogens with zero attached hydrogens (tertiary/aromatic N) is 2. The number of aromatic nitrogens is 1. The first-order chi connectivity index (χ1) is 19.3. The van der Waals surface area contributed by atoms with Gasteiger partial charge in [0.1, 0.15) is 5.60 Å². The molecule has 224 valence electrons. The maximum atomic E-state index is 13.6. The maximum absolute atomic E-state index is 13.6. The van der Waals surface area contributed by atoms with Gasteiger partial charge in [0.05, 0.1) is 6.61 Å². The van der Waals surface area contributed by atoms with E-state index in [1.54, 1.807) is 27.0 Å². The summed E-state index contributed by atoms with van der Waals surface area (Å²) in [7, 11) is 3.91. The lowest BCUT2D eigenvalue weighted by Crippen LogP contribution is -2.44. The summed E-state index contributed by atoms with van der Waals surface area (Å²) in [5, 5.41) is 13.2.